The molecule has 0 aliphatic carbocycles. The summed E-state index contributed by atoms with van der Waals surface area (Å²) in [5.41, 5.74) is 0.489. The van der Waals surface area contributed by atoms with E-state index in [1.807, 2.05) is 19.9 Å². The predicted molar refractivity (Wildman–Crippen MR) is 82.5 cm³/mol. The molecule has 1 unspecified atom stereocenters. The van der Waals surface area contributed by atoms with Gasteiger partial charge in [-0.05, 0) is 39.0 Å². The molecular formula is C16H18N4O2. The van der Waals surface area contributed by atoms with E-state index in [9.17, 15) is 4.79 Å². The quantitative estimate of drug-likeness (QED) is 0.920. The molecule has 0 saturated carbocycles. The molecule has 1 N–H and O–H groups in total. The average Bonchev–Trinajstić information content (AvgIpc) is 2.95. The molecule has 1 amide bonds. The number of carbonyl (C=O) groups excluding carboxylic acids is 1. The van der Waals surface area contributed by atoms with E-state index in [-0.39, 0.29) is 11.9 Å². The monoisotopic (exact) mass is 298 g/mol. The highest BCUT2D eigenvalue weighted by Gasteiger charge is 2.17. The van der Waals surface area contributed by atoms with E-state index in [0.29, 0.717) is 17.1 Å². The van der Waals surface area contributed by atoms with Crippen molar-refractivity contribution >= 4 is 11.7 Å². The third kappa shape index (κ3) is 3.64. The fraction of sp³-hybridized carbons (Fsp3) is 0.312. The maximum Gasteiger partial charge on any atom is 0.266 e. The Bertz CT molecular complexity index is 700. The van der Waals surface area contributed by atoms with Crippen LogP contribution < -0.4 is 10.1 Å². The third-order valence-electron chi connectivity index (χ3n) is 3.06. The summed E-state index contributed by atoms with van der Waals surface area (Å²) in [7, 11) is 0. The summed E-state index contributed by atoms with van der Waals surface area (Å²) in [4.78, 5) is 12.2. The summed E-state index contributed by atoms with van der Waals surface area (Å²) in [5.74, 6) is 0.838. The van der Waals surface area contributed by atoms with E-state index in [2.05, 4.69) is 10.4 Å². The summed E-state index contributed by atoms with van der Waals surface area (Å²) < 4.78 is 7.30. The second kappa shape index (κ2) is 6.76. The van der Waals surface area contributed by atoms with Gasteiger partial charge < -0.3 is 10.1 Å². The molecule has 2 aromatic rings. The van der Waals surface area contributed by atoms with Gasteiger partial charge in [0.1, 0.15) is 11.6 Å². The highest BCUT2D eigenvalue weighted by atomic mass is 16.5. The van der Waals surface area contributed by atoms with Gasteiger partial charge in [0, 0.05) is 12.1 Å². The van der Waals surface area contributed by atoms with E-state index in [1.165, 1.54) is 0 Å². The maximum atomic E-state index is 12.2. The van der Waals surface area contributed by atoms with Gasteiger partial charge in [-0.2, -0.15) is 10.4 Å². The molecule has 0 aliphatic rings. The Hall–Kier alpha value is -2.81. The molecular weight excluding hydrogens is 280 g/mol. The van der Waals surface area contributed by atoms with Crippen LogP contribution in [0.15, 0.2) is 36.5 Å². The average molecular weight is 298 g/mol. The van der Waals surface area contributed by atoms with Gasteiger partial charge in [0.25, 0.3) is 5.91 Å². The van der Waals surface area contributed by atoms with Crippen molar-refractivity contribution in [3.8, 4) is 11.8 Å². The van der Waals surface area contributed by atoms with E-state index in [0.717, 1.165) is 0 Å². The molecule has 22 heavy (non-hydrogen) atoms. The van der Waals surface area contributed by atoms with Gasteiger partial charge >= 0.3 is 0 Å². The zero-order valence-corrected chi connectivity index (χ0v) is 12.8. The van der Waals surface area contributed by atoms with Crippen molar-refractivity contribution in [3.05, 3.63) is 42.1 Å². The number of amides is 1. The molecule has 1 aromatic heterocycles. The molecule has 0 spiro atoms. The lowest BCUT2D eigenvalue weighted by Gasteiger charge is -2.16. The summed E-state index contributed by atoms with van der Waals surface area (Å²) in [5, 5.41) is 15.8. The molecule has 0 bridgehead atoms. The van der Waals surface area contributed by atoms with Crippen molar-refractivity contribution in [2.24, 2.45) is 0 Å². The van der Waals surface area contributed by atoms with Crippen LogP contribution in [-0.4, -0.2) is 21.8 Å². The zero-order valence-electron chi connectivity index (χ0n) is 12.8. The van der Waals surface area contributed by atoms with Crippen LogP contribution in [0.5, 0.6) is 5.75 Å². The van der Waals surface area contributed by atoms with Crippen LogP contribution in [-0.2, 0) is 4.79 Å². The van der Waals surface area contributed by atoms with E-state index >= 15 is 0 Å². The molecule has 1 atom stereocenters. The fourth-order valence-corrected chi connectivity index (χ4v) is 1.95. The van der Waals surface area contributed by atoms with Gasteiger partial charge in [-0.3, -0.25) is 4.79 Å². The summed E-state index contributed by atoms with van der Waals surface area (Å²) in [6, 6.07) is 10.6. The first-order valence-corrected chi connectivity index (χ1v) is 7.02. The molecule has 0 saturated heterocycles. The van der Waals surface area contributed by atoms with Gasteiger partial charge in [-0.1, -0.05) is 6.07 Å². The van der Waals surface area contributed by atoms with Crippen molar-refractivity contribution in [3.63, 3.8) is 0 Å². The first-order valence-electron chi connectivity index (χ1n) is 7.02. The minimum absolute atomic E-state index is 0.147. The number of anilines is 1. The topological polar surface area (TPSA) is 79.9 Å². The van der Waals surface area contributed by atoms with Gasteiger partial charge in [0.05, 0.1) is 17.8 Å². The Kier molecular flexibility index (Phi) is 4.79. The number of nitrogens with one attached hydrogen (secondary N) is 1. The first-order chi connectivity index (χ1) is 10.5. The van der Waals surface area contributed by atoms with Gasteiger partial charge in [-0.15, -0.1) is 0 Å². The standard InChI is InChI=1S/C16H18N4O2/c1-11(2)20-15(7-8-18-20)19-16(21)12(3)22-14-6-4-5-13(9-14)10-17/h4-9,11-12H,1-3H3,(H,19,21). The largest absolute Gasteiger partial charge is 0.481 e. The van der Waals surface area contributed by atoms with Gasteiger partial charge in [-0.25, -0.2) is 4.68 Å². The SMILES string of the molecule is CC(Oc1cccc(C#N)c1)C(=O)Nc1ccnn1C(C)C. The molecule has 6 heteroatoms. The van der Waals surface area contributed by atoms with Gasteiger partial charge in [0.2, 0.25) is 0 Å². The Balaban J connectivity index is 2.03. The number of carbonyl (C=O) groups is 1. The van der Waals surface area contributed by atoms with Crippen LogP contribution >= 0.6 is 0 Å². The third-order valence-corrected chi connectivity index (χ3v) is 3.06. The molecule has 0 aliphatic heterocycles. The summed E-state index contributed by atoms with van der Waals surface area (Å²) >= 11 is 0. The number of nitrogens with zero attached hydrogens (tertiary/aromatic N) is 3. The molecule has 1 heterocycles. The highest BCUT2D eigenvalue weighted by molar-refractivity contribution is 5.93. The Morgan fingerprint density at radius 3 is 2.82 bits per heavy atom. The second-order valence-corrected chi connectivity index (χ2v) is 5.14. The van der Waals surface area contributed by atoms with Crippen molar-refractivity contribution in [1.29, 1.82) is 5.26 Å². The number of aromatic nitrogens is 2. The van der Waals surface area contributed by atoms with Crippen molar-refractivity contribution in [2.45, 2.75) is 32.9 Å². The molecule has 114 valence electrons. The first kappa shape index (κ1) is 15.6. The number of hydrogen-bond acceptors (Lipinski definition) is 4. The van der Waals surface area contributed by atoms with E-state index in [1.54, 1.807) is 48.1 Å². The van der Waals surface area contributed by atoms with Crippen LogP contribution in [0, 0.1) is 11.3 Å². The van der Waals surface area contributed by atoms with E-state index < -0.39 is 6.10 Å². The lowest BCUT2D eigenvalue weighted by atomic mass is 10.2. The Morgan fingerprint density at radius 1 is 1.36 bits per heavy atom. The number of rotatable bonds is 5. The molecule has 2 rings (SSSR count). The van der Waals surface area contributed by atoms with Crippen molar-refractivity contribution in [2.75, 3.05) is 5.32 Å². The minimum Gasteiger partial charge on any atom is -0.481 e. The number of ether oxygens (including phenoxy) is 1. The van der Waals surface area contributed by atoms with Crippen LogP contribution in [0.25, 0.3) is 0 Å². The van der Waals surface area contributed by atoms with Crippen LogP contribution in [0.3, 0.4) is 0 Å². The molecule has 6 nitrogen and oxygen atoms in total. The number of benzene rings is 1. The predicted octanol–water partition coefficient (Wildman–Crippen LogP) is 2.74. The summed E-state index contributed by atoms with van der Waals surface area (Å²) in [6.45, 7) is 5.62. The zero-order chi connectivity index (χ0) is 16.1. The van der Waals surface area contributed by atoms with Gasteiger partial charge in [0.15, 0.2) is 6.10 Å². The van der Waals surface area contributed by atoms with Crippen LogP contribution in [0.4, 0.5) is 5.82 Å². The van der Waals surface area contributed by atoms with Crippen molar-refractivity contribution in [1.82, 2.24) is 9.78 Å². The fourth-order valence-electron chi connectivity index (χ4n) is 1.95. The summed E-state index contributed by atoms with van der Waals surface area (Å²) in [6.07, 6.45) is 0.946. The van der Waals surface area contributed by atoms with Crippen LogP contribution in [0.2, 0.25) is 0 Å². The lowest BCUT2D eigenvalue weighted by Crippen LogP contribution is -2.31. The number of nitriles is 1. The van der Waals surface area contributed by atoms with E-state index in [4.69, 9.17) is 10.00 Å². The molecule has 0 fully saturated rings. The number of hydrogen-bond donors (Lipinski definition) is 1. The molecule has 0 radical (unpaired) electrons. The minimum atomic E-state index is -0.690. The van der Waals surface area contributed by atoms with Crippen LogP contribution in [0.1, 0.15) is 32.4 Å². The Morgan fingerprint density at radius 2 is 2.14 bits per heavy atom. The highest BCUT2D eigenvalue weighted by Crippen LogP contribution is 2.16. The maximum absolute atomic E-state index is 12.2. The molecule has 1 aromatic carbocycles. The normalized spacial score (nSPS) is 11.8. The second-order valence-electron chi connectivity index (χ2n) is 5.14. The lowest BCUT2D eigenvalue weighted by molar-refractivity contribution is -0.122. The van der Waals surface area contributed by atoms with Crippen molar-refractivity contribution < 1.29 is 9.53 Å². The Labute approximate surface area is 129 Å². The smallest absolute Gasteiger partial charge is 0.266 e.